The summed E-state index contributed by atoms with van der Waals surface area (Å²) in [5.41, 5.74) is 0.539. The zero-order valence-electron chi connectivity index (χ0n) is 26.6. The van der Waals surface area contributed by atoms with E-state index in [9.17, 15) is 19.2 Å². The van der Waals surface area contributed by atoms with E-state index in [1.54, 1.807) is 17.0 Å². The maximum atomic E-state index is 13.4. The topological polar surface area (TPSA) is 130 Å². The standard InChI is InChI=1S/C33H48N4O7/c1-22(2)7-10-31(39)37-11-5-6-26(28(38)21-37)34-32(40)27(18-23(3)4)35-33(41)30-20-24-19-25(8-9-29(24)44-30)43-17-14-36-12-15-42-16-13-36/h8-9,19-20,22-23,26-27H,5-7,10-18,21H2,1-4H3,(H,34,40)(H,35,41). The van der Waals surface area contributed by atoms with Crippen LogP contribution in [0.4, 0.5) is 0 Å². The molecule has 2 unspecified atom stereocenters. The van der Waals surface area contributed by atoms with Gasteiger partial charge in [-0.25, -0.2) is 0 Å². The number of morpholine rings is 1. The highest BCUT2D eigenvalue weighted by Crippen LogP contribution is 2.25. The molecule has 2 fully saturated rings. The molecule has 11 heteroatoms. The Morgan fingerprint density at radius 1 is 1.05 bits per heavy atom. The van der Waals surface area contributed by atoms with Crippen molar-refractivity contribution >= 4 is 34.5 Å². The summed E-state index contributed by atoms with van der Waals surface area (Å²) in [7, 11) is 0. The molecule has 44 heavy (non-hydrogen) atoms. The van der Waals surface area contributed by atoms with Gasteiger partial charge in [0, 0.05) is 38.0 Å². The molecule has 0 bridgehead atoms. The summed E-state index contributed by atoms with van der Waals surface area (Å²) in [6.07, 6.45) is 2.63. The van der Waals surface area contributed by atoms with E-state index in [0.29, 0.717) is 56.1 Å². The van der Waals surface area contributed by atoms with Crippen LogP contribution < -0.4 is 15.4 Å². The molecule has 2 aromatic rings. The monoisotopic (exact) mass is 612 g/mol. The van der Waals surface area contributed by atoms with Crippen molar-refractivity contribution in [3.8, 4) is 5.75 Å². The third-order valence-electron chi connectivity index (χ3n) is 8.08. The predicted molar refractivity (Wildman–Crippen MR) is 167 cm³/mol. The molecule has 2 saturated heterocycles. The van der Waals surface area contributed by atoms with Crippen molar-refractivity contribution in [1.29, 1.82) is 0 Å². The van der Waals surface area contributed by atoms with Gasteiger partial charge in [0.1, 0.15) is 24.0 Å². The normalized spacial score (nSPS) is 18.8. The van der Waals surface area contributed by atoms with Gasteiger partial charge in [0.25, 0.3) is 5.91 Å². The van der Waals surface area contributed by atoms with Crippen LogP contribution >= 0.6 is 0 Å². The number of carbonyl (C=O) groups excluding carboxylic acids is 4. The third-order valence-corrected chi connectivity index (χ3v) is 8.08. The number of nitrogens with one attached hydrogen (secondary N) is 2. The number of fused-ring (bicyclic) bond motifs is 1. The molecule has 3 amide bonds. The second-order valence-electron chi connectivity index (χ2n) is 12.7. The van der Waals surface area contributed by atoms with Crippen molar-refractivity contribution in [1.82, 2.24) is 20.4 Å². The number of ether oxygens (including phenoxy) is 2. The fourth-order valence-electron chi connectivity index (χ4n) is 5.51. The summed E-state index contributed by atoms with van der Waals surface area (Å²) < 4.78 is 17.1. The molecule has 2 aliphatic rings. The summed E-state index contributed by atoms with van der Waals surface area (Å²) in [4.78, 5) is 56.2. The van der Waals surface area contributed by atoms with E-state index in [1.807, 2.05) is 26.0 Å². The average molecular weight is 613 g/mol. The molecule has 0 radical (unpaired) electrons. The molecule has 4 rings (SSSR count). The molecule has 0 spiro atoms. The third kappa shape index (κ3) is 9.79. The first kappa shape index (κ1) is 33.5. The molecule has 2 aliphatic heterocycles. The minimum atomic E-state index is -0.852. The summed E-state index contributed by atoms with van der Waals surface area (Å²) in [5, 5.41) is 6.40. The number of amides is 3. The van der Waals surface area contributed by atoms with Crippen molar-refractivity contribution < 1.29 is 33.1 Å². The molecule has 0 aliphatic carbocycles. The van der Waals surface area contributed by atoms with E-state index in [0.717, 1.165) is 44.7 Å². The highest BCUT2D eigenvalue weighted by Gasteiger charge is 2.31. The van der Waals surface area contributed by atoms with Crippen LogP contribution in [-0.4, -0.2) is 97.9 Å². The van der Waals surface area contributed by atoms with Gasteiger partial charge in [0.15, 0.2) is 11.5 Å². The van der Waals surface area contributed by atoms with Crippen molar-refractivity contribution in [2.24, 2.45) is 11.8 Å². The molecule has 1 aromatic carbocycles. The zero-order valence-corrected chi connectivity index (χ0v) is 26.6. The van der Waals surface area contributed by atoms with Gasteiger partial charge in [-0.1, -0.05) is 27.7 Å². The number of carbonyl (C=O) groups is 4. The number of nitrogens with zero attached hydrogens (tertiary/aromatic N) is 2. The van der Waals surface area contributed by atoms with Gasteiger partial charge in [0.2, 0.25) is 11.8 Å². The molecule has 3 heterocycles. The minimum Gasteiger partial charge on any atom is -0.492 e. The Morgan fingerprint density at radius 3 is 2.55 bits per heavy atom. The van der Waals surface area contributed by atoms with Crippen LogP contribution in [0, 0.1) is 11.8 Å². The number of ketones is 1. The smallest absolute Gasteiger partial charge is 0.287 e. The van der Waals surface area contributed by atoms with Crippen LogP contribution in [0.15, 0.2) is 28.7 Å². The van der Waals surface area contributed by atoms with Crippen LogP contribution in [0.3, 0.4) is 0 Å². The van der Waals surface area contributed by atoms with E-state index in [-0.39, 0.29) is 29.9 Å². The van der Waals surface area contributed by atoms with E-state index in [2.05, 4.69) is 29.4 Å². The Balaban J connectivity index is 1.34. The van der Waals surface area contributed by atoms with Crippen LogP contribution in [0.2, 0.25) is 0 Å². The maximum Gasteiger partial charge on any atom is 0.287 e. The number of furan rings is 1. The lowest BCUT2D eigenvalue weighted by molar-refractivity contribution is -0.135. The minimum absolute atomic E-state index is 0.0129. The number of hydrogen-bond acceptors (Lipinski definition) is 8. The van der Waals surface area contributed by atoms with Crippen molar-refractivity contribution in [3.05, 3.63) is 30.0 Å². The summed E-state index contributed by atoms with van der Waals surface area (Å²) >= 11 is 0. The lowest BCUT2D eigenvalue weighted by Crippen LogP contribution is -2.52. The van der Waals surface area contributed by atoms with Gasteiger partial charge in [-0.3, -0.25) is 24.1 Å². The first-order chi connectivity index (χ1) is 21.1. The van der Waals surface area contributed by atoms with Crippen LogP contribution in [0.5, 0.6) is 5.75 Å². The number of rotatable bonds is 13. The second-order valence-corrected chi connectivity index (χ2v) is 12.7. The molecule has 242 valence electrons. The molecular formula is C33H48N4O7. The summed E-state index contributed by atoms with van der Waals surface area (Å²) in [6, 6.07) is 5.50. The zero-order chi connectivity index (χ0) is 31.6. The van der Waals surface area contributed by atoms with Gasteiger partial charge in [0.05, 0.1) is 25.8 Å². The number of Topliss-reactive ketones (excluding diaryl/α,β-unsaturated/α-hetero) is 1. The quantitative estimate of drug-likeness (QED) is 0.352. The first-order valence-corrected chi connectivity index (χ1v) is 16.0. The van der Waals surface area contributed by atoms with E-state index >= 15 is 0 Å². The summed E-state index contributed by atoms with van der Waals surface area (Å²) in [5.74, 6) is 0.145. The number of hydrogen-bond donors (Lipinski definition) is 2. The number of likely N-dealkylation sites (tertiary alicyclic amines) is 1. The molecular weight excluding hydrogens is 564 g/mol. The molecule has 0 saturated carbocycles. The largest absolute Gasteiger partial charge is 0.492 e. The van der Waals surface area contributed by atoms with Gasteiger partial charge in [-0.05, 0) is 61.8 Å². The Hall–Kier alpha value is -3.44. The Labute approximate surface area is 260 Å². The molecule has 2 N–H and O–H groups in total. The highest BCUT2D eigenvalue weighted by molar-refractivity contribution is 6.00. The molecule has 1 aromatic heterocycles. The van der Waals surface area contributed by atoms with Crippen LogP contribution in [0.25, 0.3) is 11.0 Å². The van der Waals surface area contributed by atoms with Crippen LogP contribution in [0.1, 0.15) is 70.4 Å². The Bertz CT molecular complexity index is 1280. The van der Waals surface area contributed by atoms with Gasteiger partial charge >= 0.3 is 0 Å². The Morgan fingerprint density at radius 2 is 1.82 bits per heavy atom. The van der Waals surface area contributed by atoms with Gasteiger partial charge in [-0.15, -0.1) is 0 Å². The lowest BCUT2D eigenvalue weighted by atomic mass is 10.0. The van der Waals surface area contributed by atoms with Crippen molar-refractivity contribution in [3.63, 3.8) is 0 Å². The van der Waals surface area contributed by atoms with Gasteiger partial charge in [-0.2, -0.15) is 0 Å². The first-order valence-electron chi connectivity index (χ1n) is 16.0. The fourth-order valence-corrected chi connectivity index (χ4v) is 5.51. The van der Waals surface area contributed by atoms with E-state index < -0.39 is 23.9 Å². The Kier molecular flexibility index (Phi) is 12.2. The van der Waals surface area contributed by atoms with E-state index in [4.69, 9.17) is 13.9 Å². The number of benzene rings is 1. The lowest BCUT2D eigenvalue weighted by Gasteiger charge is -2.26. The van der Waals surface area contributed by atoms with Crippen molar-refractivity contribution in [2.45, 2.75) is 71.9 Å². The fraction of sp³-hybridized carbons (Fsp3) is 0.636. The van der Waals surface area contributed by atoms with E-state index in [1.165, 1.54) is 0 Å². The predicted octanol–water partition coefficient (Wildman–Crippen LogP) is 3.40. The molecule has 11 nitrogen and oxygen atoms in total. The average Bonchev–Trinajstić information content (AvgIpc) is 3.33. The highest BCUT2D eigenvalue weighted by atomic mass is 16.5. The summed E-state index contributed by atoms with van der Waals surface area (Å²) in [6.45, 7) is 13.2. The SMILES string of the molecule is CC(C)CCC(=O)N1CCCC(NC(=O)C(CC(C)C)NC(=O)c2cc3cc(OCCN4CCOCC4)ccc3o2)C(=O)C1. The maximum absolute atomic E-state index is 13.4. The van der Waals surface area contributed by atoms with Crippen molar-refractivity contribution in [2.75, 3.05) is 52.5 Å². The molecule has 2 atom stereocenters. The van der Waals surface area contributed by atoms with Gasteiger partial charge < -0.3 is 29.4 Å². The van der Waals surface area contributed by atoms with Crippen LogP contribution in [-0.2, 0) is 19.1 Å². The second kappa shape index (κ2) is 16.0.